The zero-order valence-corrected chi connectivity index (χ0v) is 26.6. The number of phenols is 1. The van der Waals surface area contributed by atoms with E-state index in [-0.39, 0.29) is 29.2 Å². The maximum Gasteiger partial charge on any atom is 0.248 e. The van der Waals surface area contributed by atoms with Crippen LogP contribution in [0.15, 0.2) is 48.8 Å². The van der Waals surface area contributed by atoms with Crippen molar-refractivity contribution in [1.29, 1.82) is 0 Å². The Morgan fingerprint density at radius 2 is 1.74 bits per heavy atom. The summed E-state index contributed by atoms with van der Waals surface area (Å²) in [5.74, 6) is -0.623. The molecule has 5 heterocycles. The van der Waals surface area contributed by atoms with E-state index >= 15 is 4.39 Å². The van der Waals surface area contributed by atoms with Crippen LogP contribution < -0.4 is 10.6 Å². The van der Waals surface area contributed by atoms with Crippen LogP contribution in [0.25, 0.3) is 28.2 Å². The molecule has 12 heteroatoms. The van der Waals surface area contributed by atoms with Crippen molar-refractivity contribution in [1.82, 2.24) is 34.7 Å². The van der Waals surface area contributed by atoms with Crippen LogP contribution in [-0.2, 0) is 11.3 Å². The van der Waals surface area contributed by atoms with Gasteiger partial charge in [0.25, 0.3) is 0 Å². The molecule has 0 unspecified atom stereocenters. The Hall–Kier alpha value is -4.13. The van der Waals surface area contributed by atoms with Crippen molar-refractivity contribution in [2.24, 2.45) is 0 Å². The Bertz CT molecular complexity index is 1720. The number of carbonyl (C=O) groups excluding carboxylic acids is 1. The molecule has 3 aromatic heterocycles. The highest BCUT2D eigenvalue weighted by Gasteiger charge is 2.27. The second-order valence-corrected chi connectivity index (χ2v) is 13.2. The average molecular weight is 643 g/mol. The number of rotatable bonds is 9. The van der Waals surface area contributed by atoms with Crippen LogP contribution in [0.1, 0.15) is 56.9 Å². The third-order valence-corrected chi connectivity index (χ3v) is 9.84. The molecule has 1 amide bonds. The van der Waals surface area contributed by atoms with Gasteiger partial charge < -0.3 is 25.7 Å². The van der Waals surface area contributed by atoms with Gasteiger partial charge in [-0.1, -0.05) is 18.9 Å². The summed E-state index contributed by atoms with van der Waals surface area (Å²) >= 11 is 0. The number of aliphatic hydroxyl groups is 1. The van der Waals surface area contributed by atoms with E-state index in [1.54, 1.807) is 27.7 Å². The molecule has 1 aromatic carbocycles. The van der Waals surface area contributed by atoms with Crippen molar-refractivity contribution in [2.75, 3.05) is 38.1 Å². The van der Waals surface area contributed by atoms with Gasteiger partial charge in [0.05, 0.1) is 17.3 Å². The van der Waals surface area contributed by atoms with Crippen molar-refractivity contribution in [3.05, 3.63) is 60.2 Å². The van der Waals surface area contributed by atoms with Gasteiger partial charge in [-0.25, -0.2) is 18.9 Å². The van der Waals surface area contributed by atoms with Gasteiger partial charge >= 0.3 is 0 Å². The third-order valence-electron chi connectivity index (χ3n) is 9.84. The molecule has 1 atom stereocenters. The van der Waals surface area contributed by atoms with Gasteiger partial charge in [0.2, 0.25) is 5.91 Å². The van der Waals surface area contributed by atoms with Crippen molar-refractivity contribution < 1.29 is 19.4 Å². The summed E-state index contributed by atoms with van der Waals surface area (Å²) in [6, 6.07) is 11.8. The summed E-state index contributed by atoms with van der Waals surface area (Å²) in [6.07, 6.45) is 12.3. The third kappa shape index (κ3) is 7.09. The molecule has 4 N–H and O–H groups in total. The van der Waals surface area contributed by atoms with E-state index in [0.29, 0.717) is 61.5 Å². The molecule has 7 rings (SSSR count). The lowest BCUT2D eigenvalue weighted by Gasteiger charge is -2.34. The lowest BCUT2D eigenvalue weighted by molar-refractivity contribution is -0.135. The second-order valence-electron chi connectivity index (χ2n) is 13.2. The smallest absolute Gasteiger partial charge is 0.248 e. The van der Waals surface area contributed by atoms with Gasteiger partial charge in [-0.15, -0.1) is 0 Å². The lowest BCUT2D eigenvalue weighted by atomic mass is 10.0. The van der Waals surface area contributed by atoms with Crippen molar-refractivity contribution in [3.63, 3.8) is 0 Å². The fourth-order valence-electron chi connectivity index (χ4n) is 7.42. The van der Waals surface area contributed by atoms with Crippen LogP contribution in [0.4, 0.5) is 10.2 Å². The van der Waals surface area contributed by atoms with Gasteiger partial charge in [0.1, 0.15) is 18.1 Å². The number of pyridine rings is 1. The molecule has 1 aliphatic carbocycles. The highest BCUT2D eigenvalue weighted by Crippen LogP contribution is 2.33. The molecule has 2 aliphatic heterocycles. The topological polar surface area (TPSA) is 131 Å². The highest BCUT2D eigenvalue weighted by atomic mass is 19.1. The Labute approximate surface area is 273 Å². The maximum atomic E-state index is 16.5. The summed E-state index contributed by atoms with van der Waals surface area (Å²) < 4.78 is 18.2. The van der Waals surface area contributed by atoms with E-state index in [2.05, 4.69) is 25.6 Å². The Morgan fingerprint density at radius 1 is 0.957 bits per heavy atom. The minimum atomic E-state index is -0.633. The molecule has 0 bridgehead atoms. The SMILES string of the molecule is O=C(CO)N1CCC[C@@H](Nc2nc(-c3cnn4ccccc34)nc(-c3cc(O)cc(CN4CCC(NC5CCCC5)CC4)c3)c2F)C1. The van der Waals surface area contributed by atoms with Gasteiger partial charge in [-0.05, 0) is 87.5 Å². The number of benzene rings is 1. The molecule has 2 saturated heterocycles. The van der Waals surface area contributed by atoms with Crippen molar-refractivity contribution in [2.45, 2.75) is 76.0 Å². The number of amides is 1. The highest BCUT2D eigenvalue weighted by molar-refractivity contribution is 5.79. The van der Waals surface area contributed by atoms with Crippen LogP contribution >= 0.6 is 0 Å². The van der Waals surface area contributed by atoms with Crippen LogP contribution in [0, 0.1) is 5.82 Å². The molecular formula is C35H43FN8O3. The molecule has 4 aromatic rings. The molecular weight excluding hydrogens is 599 g/mol. The van der Waals surface area contributed by atoms with E-state index in [1.165, 1.54) is 25.7 Å². The quantitative estimate of drug-likeness (QED) is 0.212. The van der Waals surface area contributed by atoms with E-state index in [1.807, 2.05) is 30.5 Å². The van der Waals surface area contributed by atoms with Gasteiger partial charge in [0, 0.05) is 49.5 Å². The summed E-state index contributed by atoms with van der Waals surface area (Å²) in [5.41, 5.74) is 2.83. The molecule has 3 fully saturated rings. The van der Waals surface area contributed by atoms with E-state index in [0.717, 1.165) is 37.0 Å². The predicted octanol–water partition coefficient (Wildman–Crippen LogP) is 4.19. The molecule has 1 saturated carbocycles. The number of anilines is 1. The summed E-state index contributed by atoms with van der Waals surface area (Å²) in [5, 5.41) is 31.7. The van der Waals surface area contributed by atoms with Crippen LogP contribution in [-0.4, -0.2) is 96.4 Å². The summed E-state index contributed by atoms with van der Waals surface area (Å²) in [4.78, 5) is 25.5. The number of hydrogen-bond acceptors (Lipinski definition) is 9. The zero-order valence-electron chi connectivity index (χ0n) is 26.6. The summed E-state index contributed by atoms with van der Waals surface area (Å²) in [7, 11) is 0. The second kappa shape index (κ2) is 13.9. The lowest BCUT2D eigenvalue weighted by Crippen LogP contribution is -2.46. The number of phenolic OH excluding ortho intramolecular Hbond substituents is 1. The van der Waals surface area contributed by atoms with Crippen LogP contribution in [0.3, 0.4) is 0 Å². The Balaban J connectivity index is 1.17. The normalized spacial score (nSPS) is 19.9. The molecule has 0 spiro atoms. The Morgan fingerprint density at radius 3 is 2.55 bits per heavy atom. The first-order chi connectivity index (χ1) is 22.9. The number of aromatic nitrogens is 4. The summed E-state index contributed by atoms with van der Waals surface area (Å²) in [6.45, 7) is 2.87. The number of aromatic hydroxyl groups is 1. The average Bonchev–Trinajstić information content (AvgIpc) is 3.76. The van der Waals surface area contributed by atoms with Crippen molar-refractivity contribution >= 4 is 17.2 Å². The first-order valence-corrected chi connectivity index (χ1v) is 16.9. The van der Waals surface area contributed by atoms with Crippen LogP contribution in [0.2, 0.25) is 0 Å². The van der Waals surface area contributed by atoms with E-state index < -0.39 is 12.4 Å². The first-order valence-electron chi connectivity index (χ1n) is 16.9. The fourth-order valence-corrected chi connectivity index (χ4v) is 7.42. The molecule has 248 valence electrons. The number of nitrogens with one attached hydrogen (secondary N) is 2. The number of nitrogens with zero attached hydrogens (tertiary/aromatic N) is 6. The number of piperidine rings is 2. The number of aliphatic hydroxyl groups excluding tert-OH is 1. The number of carbonyl (C=O) groups is 1. The van der Waals surface area contributed by atoms with E-state index in [9.17, 15) is 15.0 Å². The Kier molecular flexibility index (Phi) is 9.32. The van der Waals surface area contributed by atoms with Crippen LogP contribution in [0.5, 0.6) is 5.75 Å². The zero-order chi connectivity index (χ0) is 32.3. The van der Waals surface area contributed by atoms with Gasteiger partial charge in [-0.2, -0.15) is 5.10 Å². The molecule has 3 aliphatic rings. The minimum absolute atomic E-state index is 0.0188. The van der Waals surface area contributed by atoms with E-state index in [4.69, 9.17) is 4.98 Å². The number of hydrogen-bond donors (Lipinski definition) is 4. The molecule has 47 heavy (non-hydrogen) atoms. The maximum absolute atomic E-state index is 16.5. The van der Waals surface area contributed by atoms with Gasteiger partial charge in [0.15, 0.2) is 17.5 Å². The number of fused-ring (bicyclic) bond motifs is 1. The fraction of sp³-hybridized carbons (Fsp3) is 0.486. The first kappa shape index (κ1) is 31.5. The number of likely N-dealkylation sites (tertiary alicyclic amines) is 2. The van der Waals surface area contributed by atoms with Gasteiger partial charge in [-0.3, -0.25) is 9.69 Å². The predicted molar refractivity (Wildman–Crippen MR) is 177 cm³/mol. The molecule has 11 nitrogen and oxygen atoms in total. The standard InChI is InChI=1S/C35H43FN8O3/c36-32-33(24-16-23(17-28(46)18-24)20-42-14-10-26(11-15-42)38-25-6-1-2-7-25)40-34(29-19-37-44-13-4-3-9-30(29)44)41-35(32)39-27-8-5-12-43(21-27)31(47)22-45/h3-4,9,13,16-19,25-27,38,45-46H,1-2,5-8,10-12,14-15,20-22H2,(H,39,40,41)/t27-/m1/s1. The minimum Gasteiger partial charge on any atom is -0.508 e. The monoisotopic (exact) mass is 642 g/mol. The number of halogens is 1. The van der Waals surface area contributed by atoms with Crippen molar-refractivity contribution in [3.8, 4) is 28.4 Å². The molecule has 0 radical (unpaired) electrons. The largest absolute Gasteiger partial charge is 0.508 e.